The lowest BCUT2D eigenvalue weighted by molar-refractivity contribution is 0.265. The van der Waals surface area contributed by atoms with E-state index in [2.05, 4.69) is 43.4 Å². The Hall–Kier alpha value is -1.02. The van der Waals surface area contributed by atoms with Gasteiger partial charge in [0.2, 0.25) is 0 Å². The average Bonchev–Trinajstić information content (AvgIpc) is 2.40. The number of piperidine rings is 1. The molecule has 1 atom stereocenters. The summed E-state index contributed by atoms with van der Waals surface area (Å²) in [5.74, 6) is 1.58. The van der Waals surface area contributed by atoms with E-state index in [9.17, 15) is 0 Å². The van der Waals surface area contributed by atoms with Crippen molar-refractivity contribution >= 4 is 0 Å². The van der Waals surface area contributed by atoms with Crippen LogP contribution in [0.1, 0.15) is 51.0 Å². The lowest BCUT2D eigenvalue weighted by atomic mass is 10.0. The van der Waals surface area contributed by atoms with E-state index in [0.29, 0.717) is 12.0 Å². The summed E-state index contributed by atoms with van der Waals surface area (Å²) in [5.41, 5.74) is 1.31. The Bertz CT molecular complexity index is 356. The van der Waals surface area contributed by atoms with Gasteiger partial charge in [-0.25, -0.2) is 0 Å². The minimum atomic E-state index is 0.522. The Labute approximate surface area is 111 Å². The molecule has 1 aromatic rings. The monoisotopic (exact) mass is 247 g/mol. The summed E-state index contributed by atoms with van der Waals surface area (Å²) in [6.45, 7) is 6.42. The van der Waals surface area contributed by atoms with Crippen molar-refractivity contribution in [3.8, 4) is 5.75 Å². The molecule has 100 valence electrons. The normalized spacial score (nSPS) is 20.1. The first-order chi connectivity index (χ1) is 8.77. The fraction of sp³-hybridized carbons (Fsp3) is 0.625. The number of nitrogens with one attached hydrogen (secondary N) is 1. The number of benzene rings is 1. The Kier molecular flexibility index (Phi) is 5.06. The summed E-state index contributed by atoms with van der Waals surface area (Å²) in [6.07, 6.45) is 5.11. The largest absolute Gasteiger partial charge is 0.493 e. The quantitative estimate of drug-likeness (QED) is 0.856. The third-order valence-electron chi connectivity index (χ3n) is 3.68. The van der Waals surface area contributed by atoms with E-state index >= 15 is 0 Å². The van der Waals surface area contributed by atoms with Crippen LogP contribution >= 0.6 is 0 Å². The van der Waals surface area contributed by atoms with E-state index < -0.39 is 0 Å². The summed E-state index contributed by atoms with van der Waals surface area (Å²) < 4.78 is 5.96. The van der Waals surface area contributed by atoms with Gasteiger partial charge in [0.25, 0.3) is 0 Å². The maximum Gasteiger partial charge on any atom is 0.122 e. The van der Waals surface area contributed by atoms with Crippen molar-refractivity contribution in [3.05, 3.63) is 29.8 Å². The van der Waals surface area contributed by atoms with Crippen LogP contribution in [0.2, 0.25) is 0 Å². The van der Waals surface area contributed by atoms with Crippen molar-refractivity contribution in [2.24, 2.45) is 0 Å². The van der Waals surface area contributed by atoms with Crippen molar-refractivity contribution in [1.82, 2.24) is 5.32 Å². The third-order valence-corrected chi connectivity index (χ3v) is 3.68. The zero-order valence-electron chi connectivity index (χ0n) is 11.6. The van der Waals surface area contributed by atoms with Crippen LogP contribution in [0, 0.1) is 0 Å². The van der Waals surface area contributed by atoms with Gasteiger partial charge in [-0.1, -0.05) is 38.5 Å². The molecule has 1 heterocycles. The molecule has 1 unspecified atom stereocenters. The lowest BCUT2D eigenvalue weighted by Gasteiger charge is -2.23. The molecular weight excluding hydrogens is 222 g/mol. The molecule has 2 heteroatoms. The van der Waals surface area contributed by atoms with Gasteiger partial charge in [-0.3, -0.25) is 0 Å². The molecule has 1 aliphatic heterocycles. The van der Waals surface area contributed by atoms with E-state index in [0.717, 1.165) is 18.8 Å². The topological polar surface area (TPSA) is 21.3 Å². The second kappa shape index (κ2) is 6.79. The second-order valence-corrected chi connectivity index (χ2v) is 5.48. The van der Waals surface area contributed by atoms with Gasteiger partial charge < -0.3 is 10.1 Å². The molecule has 1 N–H and O–H groups in total. The number of ether oxygens (including phenoxy) is 1. The molecule has 0 aliphatic carbocycles. The molecule has 0 radical (unpaired) electrons. The van der Waals surface area contributed by atoms with Crippen LogP contribution in [0.3, 0.4) is 0 Å². The van der Waals surface area contributed by atoms with Gasteiger partial charge in [0.1, 0.15) is 5.75 Å². The molecule has 0 saturated carbocycles. The predicted molar refractivity (Wildman–Crippen MR) is 76.3 cm³/mol. The zero-order chi connectivity index (χ0) is 12.8. The minimum Gasteiger partial charge on any atom is -0.493 e. The van der Waals surface area contributed by atoms with Gasteiger partial charge in [0.05, 0.1) is 6.61 Å². The predicted octanol–water partition coefficient (Wildman–Crippen LogP) is 3.72. The molecule has 0 amide bonds. The first-order valence-electron chi connectivity index (χ1n) is 7.22. The highest BCUT2D eigenvalue weighted by molar-refractivity contribution is 5.35. The maximum atomic E-state index is 5.96. The summed E-state index contributed by atoms with van der Waals surface area (Å²) in [7, 11) is 0. The maximum absolute atomic E-state index is 5.96. The van der Waals surface area contributed by atoms with Gasteiger partial charge in [-0.15, -0.1) is 0 Å². The molecule has 2 nitrogen and oxygen atoms in total. The summed E-state index contributed by atoms with van der Waals surface area (Å²) in [5, 5.41) is 3.56. The lowest BCUT2D eigenvalue weighted by Crippen LogP contribution is -2.35. The molecule has 1 fully saturated rings. The molecule has 0 spiro atoms. The Morgan fingerprint density at radius 3 is 2.83 bits per heavy atom. The van der Waals surface area contributed by atoms with E-state index in [1.165, 1.54) is 31.4 Å². The van der Waals surface area contributed by atoms with E-state index in [1.807, 2.05) is 0 Å². The number of rotatable bonds is 5. The molecule has 1 aromatic carbocycles. The van der Waals surface area contributed by atoms with Crippen molar-refractivity contribution < 1.29 is 4.74 Å². The van der Waals surface area contributed by atoms with E-state index in [4.69, 9.17) is 4.74 Å². The van der Waals surface area contributed by atoms with Gasteiger partial charge in [-0.05, 0) is 43.4 Å². The van der Waals surface area contributed by atoms with Crippen LogP contribution in [0.15, 0.2) is 24.3 Å². The molecule has 0 aromatic heterocycles. The van der Waals surface area contributed by atoms with Crippen LogP contribution in [0.5, 0.6) is 5.75 Å². The molecule has 1 saturated heterocycles. The van der Waals surface area contributed by atoms with Crippen LogP contribution in [-0.4, -0.2) is 19.2 Å². The smallest absolute Gasteiger partial charge is 0.122 e. The van der Waals surface area contributed by atoms with E-state index in [-0.39, 0.29) is 0 Å². The number of hydrogen-bond donors (Lipinski definition) is 1. The minimum absolute atomic E-state index is 0.522. The van der Waals surface area contributed by atoms with Crippen LogP contribution in [0.25, 0.3) is 0 Å². The molecule has 18 heavy (non-hydrogen) atoms. The van der Waals surface area contributed by atoms with Crippen molar-refractivity contribution in [1.29, 1.82) is 0 Å². The highest BCUT2D eigenvalue weighted by Gasteiger charge is 2.13. The number of para-hydroxylation sites is 1. The van der Waals surface area contributed by atoms with E-state index in [1.54, 1.807) is 0 Å². The van der Waals surface area contributed by atoms with Gasteiger partial charge in [0, 0.05) is 6.04 Å². The summed E-state index contributed by atoms with van der Waals surface area (Å²) in [4.78, 5) is 0. The van der Waals surface area contributed by atoms with Crippen molar-refractivity contribution in [3.63, 3.8) is 0 Å². The molecule has 0 bridgehead atoms. The SMILES string of the molecule is CC(C)c1ccccc1OCCC1CCCCN1. The van der Waals surface area contributed by atoms with Crippen LogP contribution in [-0.2, 0) is 0 Å². The summed E-state index contributed by atoms with van der Waals surface area (Å²) in [6, 6.07) is 9.05. The highest BCUT2D eigenvalue weighted by Crippen LogP contribution is 2.26. The third kappa shape index (κ3) is 3.74. The molecular formula is C16H25NO. The first kappa shape index (κ1) is 13.4. The van der Waals surface area contributed by atoms with Gasteiger partial charge >= 0.3 is 0 Å². The van der Waals surface area contributed by atoms with Gasteiger partial charge in [-0.2, -0.15) is 0 Å². The molecule has 1 aliphatic rings. The first-order valence-corrected chi connectivity index (χ1v) is 7.22. The van der Waals surface area contributed by atoms with Crippen LogP contribution in [0.4, 0.5) is 0 Å². The highest BCUT2D eigenvalue weighted by atomic mass is 16.5. The molecule has 2 rings (SSSR count). The number of hydrogen-bond acceptors (Lipinski definition) is 2. The van der Waals surface area contributed by atoms with Crippen LogP contribution < -0.4 is 10.1 Å². The Morgan fingerprint density at radius 1 is 1.28 bits per heavy atom. The zero-order valence-corrected chi connectivity index (χ0v) is 11.6. The fourth-order valence-corrected chi connectivity index (χ4v) is 2.57. The average molecular weight is 247 g/mol. The fourth-order valence-electron chi connectivity index (χ4n) is 2.57. The van der Waals surface area contributed by atoms with Gasteiger partial charge in [0.15, 0.2) is 0 Å². The van der Waals surface area contributed by atoms with Crippen molar-refractivity contribution in [2.75, 3.05) is 13.2 Å². The Balaban J connectivity index is 1.82. The Morgan fingerprint density at radius 2 is 2.11 bits per heavy atom. The summed E-state index contributed by atoms with van der Waals surface area (Å²) >= 11 is 0. The van der Waals surface area contributed by atoms with Crippen molar-refractivity contribution in [2.45, 2.75) is 51.5 Å². The standard InChI is InChI=1S/C16H25NO/c1-13(2)15-8-3-4-9-16(15)18-12-10-14-7-5-6-11-17-14/h3-4,8-9,13-14,17H,5-7,10-12H2,1-2H3. The second-order valence-electron chi connectivity index (χ2n) is 5.48.